The van der Waals surface area contributed by atoms with Crippen LogP contribution in [0.1, 0.15) is 20.3 Å². The van der Waals surface area contributed by atoms with Gasteiger partial charge in [-0.25, -0.2) is 0 Å². The Morgan fingerprint density at radius 2 is 2.25 bits per heavy atom. The zero-order chi connectivity index (χ0) is 9.19. The number of hydrogen-bond acceptors (Lipinski definition) is 3. The molecule has 0 amide bonds. The number of aliphatic hydroxyl groups is 1. The Kier molecular flexibility index (Phi) is 3.09. The molecule has 1 heterocycles. The van der Waals surface area contributed by atoms with Gasteiger partial charge >= 0.3 is 0 Å². The lowest BCUT2D eigenvalue weighted by atomic mass is 10.0. The molecule has 0 aromatic carbocycles. The normalized spacial score (nSPS) is 31.8. The van der Waals surface area contributed by atoms with Gasteiger partial charge in [-0.05, 0) is 12.3 Å². The molecule has 1 unspecified atom stereocenters. The first-order valence-electron chi connectivity index (χ1n) is 4.68. The number of likely N-dealkylation sites (tertiary alicyclic amines) is 1. The molecule has 1 atom stereocenters. The van der Waals surface area contributed by atoms with Crippen molar-refractivity contribution in [2.75, 3.05) is 26.2 Å². The van der Waals surface area contributed by atoms with E-state index < -0.39 is 0 Å². The van der Waals surface area contributed by atoms with Crippen molar-refractivity contribution >= 4 is 0 Å². The fourth-order valence-corrected chi connectivity index (χ4v) is 1.79. The van der Waals surface area contributed by atoms with Crippen LogP contribution in [0.4, 0.5) is 0 Å². The van der Waals surface area contributed by atoms with Crippen LogP contribution in [-0.2, 0) is 0 Å². The Bertz CT molecular complexity index is 149. The summed E-state index contributed by atoms with van der Waals surface area (Å²) in [5.41, 5.74) is 5.61. The van der Waals surface area contributed by atoms with Crippen LogP contribution in [0.2, 0.25) is 0 Å². The van der Waals surface area contributed by atoms with Gasteiger partial charge in [0.15, 0.2) is 0 Å². The number of hydrogen-bond donors (Lipinski definition) is 2. The highest BCUT2D eigenvalue weighted by Crippen LogP contribution is 2.18. The van der Waals surface area contributed by atoms with Gasteiger partial charge in [0.2, 0.25) is 0 Å². The second-order valence-corrected chi connectivity index (χ2v) is 4.40. The van der Waals surface area contributed by atoms with E-state index in [0.29, 0.717) is 5.92 Å². The summed E-state index contributed by atoms with van der Waals surface area (Å²) < 4.78 is 0. The molecular formula is C9H20N2O. The van der Waals surface area contributed by atoms with Gasteiger partial charge in [0.1, 0.15) is 0 Å². The molecule has 12 heavy (non-hydrogen) atoms. The molecule has 3 nitrogen and oxygen atoms in total. The van der Waals surface area contributed by atoms with E-state index in [0.717, 1.165) is 26.1 Å². The lowest BCUT2D eigenvalue weighted by Gasteiger charge is -2.22. The first-order valence-corrected chi connectivity index (χ1v) is 4.68. The largest absolute Gasteiger partial charge is 0.394 e. The molecule has 1 fully saturated rings. The van der Waals surface area contributed by atoms with E-state index in [1.54, 1.807) is 0 Å². The van der Waals surface area contributed by atoms with Crippen LogP contribution in [0.25, 0.3) is 0 Å². The number of nitrogens with zero attached hydrogens (tertiary/aromatic N) is 1. The zero-order valence-corrected chi connectivity index (χ0v) is 8.08. The van der Waals surface area contributed by atoms with E-state index >= 15 is 0 Å². The minimum atomic E-state index is -0.325. The molecule has 0 aliphatic carbocycles. The van der Waals surface area contributed by atoms with Crippen LogP contribution >= 0.6 is 0 Å². The molecule has 0 spiro atoms. The molecule has 0 radical (unpaired) electrons. The molecule has 1 aliphatic heterocycles. The summed E-state index contributed by atoms with van der Waals surface area (Å²) >= 11 is 0. The first-order chi connectivity index (χ1) is 5.56. The van der Waals surface area contributed by atoms with Crippen LogP contribution < -0.4 is 5.73 Å². The third-order valence-electron chi connectivity index (χ3n) is 2.40. The number of aliphatic hydroxyl groups excluding tert-OH is 1. The summed E-state index contributed by atoms with van der Waals surface area (Å²) in [7, 11) is 0. The van der Waals surface area contributed by atoms with E-state index in [4.69, 9.17) is 10.8 Å². The van der Waals surface area contributed by atoms with E-state index in [-0.39, 0.29) is 12.1 Å². The topological polar surface area (TPSA) is 49.5 Å². The fourth-order valence-electron chi connectivity index (χ4n) is 1.79. The van der Waals surface area contributed by atoms with Crippen molar-refractivity contribution in [3.8, 4) is 0 Å². The Balaban J connectivity index is 2.35. The average molecular weight is 172 g/mol. The summed E-state index contributed by atoms with van der Waals surface area (Å²) in [4.78, 5) is 2.33. The molecule has 0 aromatic rings. The van der Waals surface area contributed by atoms with Gasteiger partial charge in [0, 0.05) is 19.6 Å². The highest BCUT2D eigenvalue weighted by atomic mass is 16.3. The lowest BCUT2D eigenvalue weighted by molar-refractivity contribution is 0.189. The third-order valence-corrected chi connectivity index (χ3v) is 2.40. The minimum Gasteiger partial charge on any atom is -0.394 e. The maximum atomic E-state index is 9.03. The van der Waals surface area contributed by atoms with Crippen molar-refractivity contribution in [2.24, 2.45) is 11.7 Å². The summed E-state index contributed by atoms with van der Waals surface area (Å²) in [6.07, 6.45) is 0.927. The van der Waals surface area contributed by atoms with Crippen molar-refractivity contribution in [3.05, 3.63) is 0 Å². The van der Waals surface area contributed by atoms with Crippen LogP contribution in [0.15, 0.2) is 0 Å². The van der Waals surface area contributed by atoms with Gasteiger partial charge in [-0.15, -0.1) is 0 Å². The van der Waals surface area contributed by atoms with E-state index in [9.17, 15) is 0 Å². The second kappa shape index (κ2) is 3.73. The molecular weight excluding hydrogens is 152 g/mol. The van der Waals surface area contributed by atoms with Crippen LogP contribution in [0.3, 0.4) is 0 Å². The van der Waals surface area contributed by atoms with Crippen molar-refractivity contribution < 1.29 is 5.11 Å². The molecule has 3 heteroatoms. The molecule has 72 valence electrons. The monoisotopic (exact) mass is 172 g/mol. The van der Waals surface area contributed by atoms with Crippen molar-refractivity contribution in [1.82, 2.24) is 4.90 Å². The van der Waals surface area contributed by atoms with Crippen LogP contribution in [-0.4, -0.2) is 41.8 Å². The summed E-state index contributed by atoms with van der Waals surface area (Å²) in [6, 6.07) is 0. The SMILES string of the molecule is CC(C)CN1CCC(N)(CO)C1. The summed E-state index contributed by atoms with van der Waals surface area (Å²) in [5.74, 6) is 0.686. The number of rotatable bonds is 3. The van der Waals surface area contributed by atoms with Crippen molar-refractivity contribution in [3.63, 3.8) is 0 Å². The summed E-state index contributed by atoms with van der Waals surface area (Å²) in [5, 5.41) is 9.03. The molecule has 1 saturated heterocycles. The Morgan fingerprint density at radius 3 is 2.67 bits per heavy atom. The van der Waals surface area contributed by atoms with Crippen LogP contribution in [0.5, 0.6) is 0 Å². The fraction of sp³-hybridized carbons (Fsp3) is 1.00. The molecule has 1 aliphatic rings. The van der Waals surface area contributed by atoms with Crippen molar-refractivity contribution in [1.29, 1.82) is 0 Å². The summed E-state index contributed by atoms with van der Waals surface area (Å²) in [6.45, 7) is 7.50. The van der Waals surface area contributed by atoms with Gasteiger partial charge in [-0.3, -0.25) is 0 Å². The predicted molar refractivity (Wildman–Crippen MR) is 49.9 cm³/mol. The van der Waals surface area contributed by atoms with Crippen LogP contribution in [0, 0.1) is 5.92 Å². The lowest BCUT2D eigenvalue weighted by Crippen LogP contribution is -2.46. The van der Waals surface area contributed by atoms with Gasteiger partial charge in [-0.2, -0.15) is 0 Å². The molecule has 3 N–H and O–H groups in total. The zero-order valence-electron chi connectivity index (χ0n) is 8.08. The standard InChI is InChI=1S/C9H20N2O/c1-8(2)5-11-4-3-9(10,6-11)7-12/h8,12H,3-7,10H2,1-2H3. The Hall–Kier alpha value is -0.120. The number of nitrogens with two attached hydrogens (primary N) is 1. The van der Waals surface area contributed by atoms with E-state index in [2.05, 4.69) is 18.7 Å². The molecule has 1 rings (SSSR count). The minimum absolute atomic E-state index is 0.113. The Labute approximate surface area is 74.5 Å². The highest BCUT2D eigenvalue weighted by Gasteiger charge is 2.33. The first kappa shape index (κ1) is 9.96. The maximum absolute atomic E-state index is 9.03. The molecule has 0 saturated carbocycles. The van der Waals surface area contributed by atoms with E-state index in [1.165, 1.54) is 0 Å². The second-order valence-electron chi connectivity index (χ2n) is 4.40. The van der Waals surface area contributed by atoms with Gasteiger partial charge in [0.25, 0.3) is 0 Å². The highest BCUT2D eigenvalue weighted by molar-refractivity contribution is 4.93. The predicted octanol–water partition coefficient (Wildman–Crippen LogP) is 0.0379. The maximum Gasteiger partial charge on any atom is 0.0624 e. The van der Waals surface area contributed by atoms with Gasteiger partial charge in [-0.1, -0.05) is 13.8 Å². The van der Waals surface area contributed by atoms with Crippen molar-refractivity contribution in [2.45, 2.75) is 25.8 Å². The molecule has 0 bridgehead atoms. The molecule has 0 aromatic heterocycles. The third kappa shape index (κ3) is 2.44. The van der Waals surface area contributed by atoms with Gasteiger partial charge < -0.3 is 15.7 Å². The van der Waals surface area contributed by atoms with E-state index in [1.807, 2.05) is 0 Å². The average Bonchev–Trinajstić information content (AvgIpc) is 2.32. The van der Waals surface area contributed by atoms with Gasteiger partial charge in [0.05, 0.1) is 12.1 Å². The Morgan fingerprint density at radius 1 is 1.58 bits per heavy atom. The quantitative estimate of drug-likeness (QED) is 0.632. The smallest absolute Gasteiger partial charge is 0.0624 e.